The Bertz CT molecular complexity index is 1100. The molecule has 3 aromatic rings. The molecule has 0 saturated carbocycles. The number of hydrazone groups is 1. The zero-order chi connectivity index (χ0) is 22.2. The SMILES string of the molecule is CC(=O)Nc1cccc(NC(=O)CSc2nnc(N/N=C/c3ccc(Br)cc3)n2N)c1. The van der Waals surface area contributed by atoms with Crippen molar-refractivity contribution in [2.75, 3.05) is 27.7 Å². The van der Waals surface area contributed by atoms with Gasteiger partial charge in [0.1, 0.15) is 0 Å². The lowest BCUT2D eigenvalue weighted by Gasteiger charge is -2.07. The largest absolute Gasteiger partial charge is 0.334 e. The highest BCUT2D eigenvalue weighted by atomic mass is 79.9. The van der Waals surface area contributed by atoms with E-state index in [1.165, 1.54) is 11.6 Å². The van der Waals surface area contributed by atoms with Crippen molar-refractivity contribution in [3.8, 4) is 0 Å². The molecule has 0 fully saturated rings. The summed E-state index contributed by atoms with van der Waals surface area (Å²) in [7, 11) is 0. The topological polar surface area (TPSA) is 139 Å². The number of hydrogen-bond donors (Lipinski definition) is 4. The van der Waals surface area contributed by atoms with E-state index in [1.54, 1.807) is 30.5 Å². The first kappa shape index (κ1) is 22.3. The second-order valence-electron chi connectivity index (χ2n) is 6.20. The monoisotopic (exact) mass is 502 g/mol. The predicted molar refractivity (Wildman–Crippen MR) is 126 cm³/mol. The molecule has 12 heteroatoms. The maximum absolute atomic E-state index is 12.2. The first-order valence-electron chi connectivity index (χ1n) is 8.96. The summed E-state index contributed by atoms with van der Waals surface area (Å²) >= 11 is 4.50. The lowest BCUT2D eigenvalue weighted by Crippen LogP contribution is -2.17. The van der Waals surface area contributed by atoms with E-state index < -0.39 is 0 Å². The van der Waals surface area contributed by atoms with Gasteiger partial charge >= 0.3 is 0 Å². The van der Waals surface area contributed by atoms with Crippen molar-refractivity contribution in [3.05, 3.63) is 58.6 Å². The van der Waals surface area contributed by atoms with Crippen molar-refractivity contribution in [1.29, 1.82) is 0 Å². The van der Waals surface area contributed by atoms with Crippen LogP contribution in [0.4, 0.5) is 17.3 Å². The fourth-order valence-electron chi connectivity index (χ4n) is 2.37. The van der Waals surface area contributed by atoms with Crippen molar-refractivity contribution in [1.82, 2.24) is 14.9 Å². The molecule has 3 rings (SSSR count). The standard InChI is InChI=1S/C19H19BrN8O2S/c1-12(29)23-15-3-2-4-16(9-15)24-17(30)11-31-19-27-26-18(28(19)21)25-22-10-13-5-7-14(20)8-6-13/h2-10H,11,21H2,1H3,(H,23,29)(H,24,30)(H,25,26)/b22-10+. The van der Waals surface area contributed by atoms with Crippen LogP contribution in [0, 0.1) is 0 Å². The van der Waals surface area contributed by atoms with E-state index in [1.807, 2.05) is 24.3 Å². The second-order valence-corrected chi connectivity index (χ2v) is 8.05. The highest BCUT2D eigenvalue weighted by Gasteiger charge is 2.12. The zero-order valence-electron chi connectivity index (χ0n) is 16.4. The van der Waals surface area contributed by atoms with Gasteiger partial charge in [-0.2, -0.15) is 5.10 Å². The fourth-order valence-corrected chi connectivity index (χ4v) is 3.29. The van der Waals surface area contributed by atoms with Crippen LogP contribution in [0.1, 0.15) is 12.5 Å². The molecule has 0 bridgehead atoms. The van der Waals surface area contributed by atoms with Crippen molar-refractivity contribution < 1.29 is 9.59 Å². The number of nitrogen functional groups attached to an aromatic ring is 1. The molecule has 5 N–H and O–H groups in total. The average Bonchev–Trinajstić information content (AvgIpc) is 3.07. The highest BCUT2D eigenvalue weighted by molar-refractivity contribution is 9.10. The summed E-state index contributed by atoms with van der Waals surface area (Å²) in [4.78, 5) is 23.4. The van der Waals surface area contributed by atoms with Crippen LogP contribution in [0.5, 0.6) is 0 Å². The predicted octanol–water partition coefficient (Wildman–Crippen LogP) is 2.89. The first-order chi connectivity index (χ1) is 14.9. The van der Waals surface area contributed by atoms with Gasteiger partial charge in [-0.1, -0.05) is 45.9 Å². The van der Waals surface area contributed by atoms with Crippen LogP contribution in [-0.4, -0.2) is 38.7 Å². The molecule has 10 nitrogen and oxygen atoms in total. The Morgan fingerprint density at radius 2 is 1.87 bits per heavy atom. The molecule has 0 saturated heterocycles. The summed E-state index contributed by atoms with van der Waals surface area (Å²) in [6.45, 7) is 1.42. The van der Waals surface area contributed by atoms with E-state index in [9.17, 15) is 9.59 Å². The van der Waals surface area contributed by atoms with E-state index >= 15 is 0 Å². The van der Waals surface area contributed by atoms with Crippen molar-refractivity contribution in [2.24, 2.45) is 5.10 Å². The Hall–Kier alpha value is -3.38. The maximum Gasteiger partial charge on any atom is 0.264 e. The lowest BCUT2D eigenvalue weighted by atomic mass is 10.2. The van der Waals surface area contributed by atoms with Crippen LogP contribution in [0.3, 0.4) is 0 Å². The number of aromatic nitrogens is 3. The van der Waals surface area contributed by atoms with E-state index in [-0.39, 0.29) is 23.5 Å². The molecule has 0 aliphatic rings. The fraction of sp³-hybridized carbons (Fsp3) is 0.105. The Labute approximate surface area is 190 Å². The van der Waals surface area contributed by atoms with Gasteiger partial charge in [0, 0.05) is 22.8 Å². The van der Waals surface area contributed by atoms with Crippen LogP contribution >= 0.6 is 27.7 Å². The molecule has 1 heterocycles. The Morgan fingerprint density at radius 1 is 1.16 bits per heavy atom. The molecule has 0 aliphatic carbocycles. The lowest BCUT2D eigenvalue weighted by molar-refractivity contribution is -0.114. The Kier molecular flexibility index (Phi) is 7.62. The first-order valence-corrected chi connectivity index (χ1v) is 10.7. The molecule has 1 aromatic heterocycles. The quantitative estimate of drug-likeness (QED) is 0.160. The highest BCUT2D eigenvalue weighted by Crippen LogP contribution is 2.19. The molecule has 160 valence electrons. The number of hydrogen-bond acceptors (Lipinski definition) is 8. The molecule has 0 aliphatic heterocycles. The third-order valence-corrected chi connectivity index (χ3v) is 5.18. The van der Waals surface area contributed by atoms with Crippen LogP contribution < -0.4 is 21.9 Å². The molecule has 0 spiro atoms. The second kappa shape index (κ2) is 10.6. The van der Waals surface area contributed by atoms with Crippen LogP contribution in [0.2, 0.25) is 0 Å². The molecule has 2 aromatic carbocycles. The number of nitrogens with one attached hydrogen (secondary N) is 3. The van der Waals surface area contributed by atoms with Crippen molar-refractivity contribution in [2.45, 2.75) is 12.1 Å². The number of amides is 2. The summed E-state index contributed by atoms with van der Waals surface area (Å²) in [5.74, 6) is 5.83. The van der Waals surface area contributed by atoms with Gasteiger partial charge in [0.2, 0.25) is 17.0 Å². The number of halogens is 1. The van der Waals surface area contributed by atoms with Gasteiger partial charge in [0.15, 0.2) is 0 Å². The third kappa shape index (κ3) is 6.83. The van der Waals surface area contributed by atoms with Gasteiger partial charge in [-0.25, -0.2) is 10.1 Å². The van der Waals surface area contributed by atoms with Crippen molar-refractivity contribution in [3.63, 3.8) is 0 Å². The van der Waals surface area contributed by atoms with E-state index in [0.29, 0.717) is 16.5 Å². The molecule has 0 unspecified atom stereocenters. The summed E-state index contributed by atoms with van der Waals surface area (Å²) in [6, 6.07) is 14.5. The molecular formula is C19H19BrN8O2S. The molecule has 31 heavy (non-hydrogen) atoms. The molecule has 2 amide bonds. The molecule has 0 radical (unpaired) electrons. The summed E-state index contributed by atoms with van der Waals surface area (Å²) in [6.07, 6.45) is 1.62. The minimum absolute atomic E-state index is 0.0713. The van der Waals surface area contributed by atoms with Gasteiger partial charge in [-0.15, -0.1) is 10.2 Å². The number of nitrogens with two attached hydrogens (primary N) is 1. The van der Waals surface area contributed by atoms with E-state index in [2.05, 4.69) is 47.3 Å². The Morgan fingerprint density at radius 3 is 2.58 bits per heavy atom. The Balaban J connectivity index is 1.51. The van der Waals surface area contributed by atoms with Gasteiger partial charge in [0.05, 0.1) is 12.0 Å². The van der Waals surface area contributed by atoms with Gasteiger partial charge < -0.3 is 16.5 Å². The minimum Gasteiger partial charge on any atom is -0.334 e. The number of rotatable bonds is 8. The van der Waals surface area contributed by atoms with Gasteiger partial charge in [-0.05, 0) is 35.9 Å². The number of thioether (sulfide) groups is 1. The van der Waals surface area contributed by atoms with Crippen LogP contribution in [0.15, 0.2) is 63.3 Å². The number of carbonyl (C=O) groups is 2. The smallest absolute Gasteiger partial charge is 0.264 e. The van der Waals surface area contributed by atoms with E-state index in [0.717, 1.165) is 21.8 Å². The van der Waals surface area contributed by atoms with Crippen molar-refractivity contribution >= 4 is 63.0 Å². The molecular weight excluding hydrogens is 484 g/mol. The van der Waals surface area contributed by atoms with Gasteiger partial charge in [0.25, 0.3) is 5.95 Å². The average molecular weight is 503 g/mol. The number of benzene rings is 2. The number of anilines is 3. The zero-order valence-corrected chi connectivity index (χ0v) is 18.8. The summed E-state index contributed by atoms with van der Waals surface area (Å²) in [5, 5.41) is 17.7. The summed E-state index contributed by atoms with van der Waals surface area (Å²) < 4.78 is 2.19. The van der Waals surface area contributed by atoms with Crippen LogP contribution in [0.25, 0.3) is 0 Å². The maximum atomic E-state index is 12.2. The minimum atomic E-state index is -0.254. The number of nitrogens with zero attached hydrogens (tertiary/aromatic N) is 4. The van der Waals surface area contributed by atoms with Crippen LogP contribution in [-0.2, 0) is 9.59 Å². The number of carbonyl (C=O) groups excluding carboxylic acids is 2. The summed E-state index contributed by atoms with van der Waals surface area (Å²) in [5.41, 5.74) is 4.78. The normalized spacial score (nSPS) is 10.8. The third-order valence-electron chi connectivity index (χ3n) is 3.71. The van der Waals surface area contributed by atoms with E-state index in [4.69, 9.17) is 5.84 Å². The molecule has 0 atom stereocenters. The van der Waals surface area contributed by atoms with Gasteiger partial charge in [-0.3, -0.25) is 9.59 Å².